The van der Waals surface area contributed by atoms with Crippen LogP contribution >= 0.6 is 7.26 Å². The molecule has 0 unspecified atom stereocenters. The SMILES string of the molecule is c1ccc(C[P+](c2ccccc2)(c2ccccc2)c2ccc3c(c2)OCCOCCOCCOCCO3)cc1. The molecule has 4 aromatic rings. The van der Waals surface area contributed by atoms with Crippen molar-refractivity contribution in [1.82, 2.24) is 0 Å². The minimum absolute atomic E-state index is 0.428. The van der Waals surface area contributed by atoms with Gasteiger partial charge in [0.2, 0.25) is 0 Å². The molecule has 0 fully saturated rings. The Bertz CT molecular complexity index is 1230. The van der Waals surface area contributed by atoms with Crippen LogP contribution in [-0.2, 0) is 20.4 Å². The Balaban J connectivity index is 1.59. The van der Waals surface area contributed by atoms with Crippen LogP contribution < -0.4 is 25.4 Å². The summed E-state index contributed by atoms with van der Waals surface area (Å²) in [6, 6.07) is 39.0. The molecule has 1 heterocycles. The zero-order valence-electron chi connectivity index (χ0n) is 22.2. The van der Waals surface area contributed by atoms with Gasteiger partial charge >= 0.3 is 0 Å². The van der Waals surface area contributed by atoms with E-state index in [1.165, 1.54) is 21.5 Å². The predicted molar refractivity (Wildman–Crippen MR) is 159 cm³/mol. The fourth-order valence-electron chi connectivity index (χ4n) is 4.87. The third-order valence-corrected chi connectivity index (χ3v) is 11.1. The highest BCUT2D eigenvalue weighted by Crippen LogP contribution is 2.58. The second kappa shape index (κ2) is 14.3. The third kappa shape index (κ3) is 7.06. The van der Waals surface area contributed by atoms with Gasteiger partial charge in [-0.1, -0.05) is 66.7 Å². The zero-order valence-corrected chi connectivity index (χ0v) is 23.1. The Morgan fingerprint density at radius 1 is 0.436 bits per heavy atom. The van der Waals surface area contributed by atoms with E-state index in [0.717, 1.165) is 11.9 Å². The first-order valence-electron chi connectivity index (χ1n) is 13.5. The van der Waals surface area contributed by atoms with Crippen molar-refractivity contribution in [1.29, 1.82) is 0 Å². The highest BCUT2D eigenvalue weighted by Gasteiger charge is 2.46. The van der Waals surface area contributed by atoms with Crippen molar-refractivity contribution in [3.63, 3.8) is 0 Å². The molecule has 0 amide bonds. The lowest BCUT2D eigenvalue weighted by Crippen LogP contribution is -2.32. The molecular weight excluding hydrogens is 507 g/mol. The van der Waals surface area contributed by atoms with Crippen LogP contribution in [0.25, 0.3) is 0 Å². The van der Waals surface area contributed by atoms with Gasteiger partial charge < -0.3 is 23.7 Å². The fourth-order valence-corrected chi connectivity index (χ4v) is 9.10. The van der Waals surface area contributed by atoms with E-state index < -0.39 is 7.26 Å². The molecule has 0 spiro atoms. The van der Waals surface area contributed by atoms with Gasteiger partial charge in [-0.3, -0.25) is 0 Å². The summed E-state index contributed by atoms with van der Waals surface area (Å²) < 4.78 is 29.4. The number of fused-ring (bicyclic) bond motifs is 1. The quantitative estimate of drug-likeness (QED) is 0.332. The molecule has 0 atom stereocenters. The Labute approximate surface area is 232 Å². The third-order valence-electron chi connectivity index (χ3n) is 6.74. The molecule has 0 saturated heterocycles. The van der Waals surface area contributed by atoms with Crippen molar-refractivity contribution in [2.75, 3.05) is 52.9 Å². The second-order valence-corrected chi connectivity index (χ2v) is 12.8. The second-order valence-electron chi connectivity index (χ2n) is 9.29. The molecule has 0 saturated carbocycles. The monoisotopic (exact) mass is 543 g/mol. The number of rotatable bonds is 5. The van der Waals surface area contributed by atoms with Crippen LogP contribution in [0, 0.1) is 0 Å². The van der Waals surface area contributed by atoms with Crippen LogP contribution in [0.5, 0.6) is 11.5 Å². The molecule has 6 heteroatoms. The van der Waals surface area contributed by atoms with Gasteiger partial charge in [0.25, 0.3) is 0 Å². The molecule has 39 heavy (non-hydrogen) atoms. The molecule has 0 N–H and O–H groups in total. The largest absolute Gasteiger partial charge is 0.487 e. The Morgan fingerprint density at radius 2 is 0.897 bits per heavy atom. The summed E-state index contributed by atoms with van der Waals surface area (Å²) in [5, 5.41) is 3.90. The highest BCUT2D eigenvalue weighted by atomic mass is 31.2. The first-order valence-corrected chi connectivity index (χ1v) is 15.5. The highest BCUT2D eigenvalue weighted by molar-refractivity contribution is 7.95. The standard InChI is InChI=1S/C33H36O5P/c1-4-10-28(11-5-1)27-39(29-12-6-2-7-13-29,30-14-8-3-9-15-30)31-16-17-32-33(26-31)38-25-23-36-21-19-34-18-20-35-22-24-37-32/h1-17,26H,18-25,27H2/q+1. The average Bonchev–Trinajstić information content (AvgIpc) is 3.01. The van der Waals surface area contributed by atoms with Crippen molar-refractivity contribution >= 4 is 23.2 Å². The van der Waals surface area contributed by atoms with Crippen LogP contribution in [0.15, 0.2) is 109 Å². The molecule has 0 aliphatic carbocycles. The smallest absolute Gasteiger partial charge is 0.165 e. The fraction of sp³-hybridized carbons (Fsp3) is 0.273. The van der Waals surface area contributed by atoms with E-state index in [1.807, 2.05) is 0 Å². The number of hydrogen-bond donors (Lipinski definition) is 0. The summed E-state index contributed by atoms with van der Waals surface area (Å²) in [6.45, 7) is 3.98. The lowest BCUT2D eigenvalue weighted by molar-refractivity contribution is 0.00708. The number of benzene rings is 4. The van der Waals surface area contributed by atoms with E-state index in [9.17, 15) is 0 Å². The zero-order chi connectivity index (χ0) is 26.6. The summed E-state index contributed by atoms with van der Waals surface area (Å²) in [5.74, 6) is 1.44. The van der Waals surface area contributed by atoms with E-state index in [-0.39, 0.29) is 0 Å². The van der Waals surface area contributed by atoms with Crippen molar-refractivity contribution < 1.29 is 23.7 Å². The molecule has 1 aliphatic rings. The first-order chi connectivity index (χ1) is 19.4. The normalized spacial score (nSPS) is 15.6. The Morgan fingerprint density at radius 3 is 1.44 bits per heavy atom. The van der Waals surface area contributed by atoms with Crippen molar-refractivity contribution in [3.8, 4) is 11.5 Å². The first kappa shape index (κ1) is 27.4. The van der Waals surface area contributed by atoms with E-state index in [0.29, 0.717) is 58.6 Å². The van der Waals surface area contributed by atoms with Crippen LogP contribution in [-0.4, -0.2) is 52.9 Å². The summed E-state index contributed by atoms with van der Waals surface area (Å²) in [7, 11) is -2.11. The van der Waals surface area contributed by atoms with E-state index in [1.54, 1.807) is 0 Å². The minimum Gasteiger partial charge on any atom is -0.487 e. The summed E-state index contributed by atoms with van der Waals surface area (Å²) in [6.07, 6.45) is 0.901. The molecule has 4 aromatic carbocycles. The van der Waals surface area contributed by atoms with E-state index >= 15 is 0 Å². The number of hydrogen-bond acceptors (Lipinski definition) is 5. The van der Waals surface area contributed by atoms with Crippen molar-refractivity contribution in [3.05, 3.63) is 115 Å². The summed E-state index contributed by atoms with van der Waals surface area (Å²) >= 11 is 0. The molecule has 5 rings (SSSR count). The molecule has 202 valence electrons. The molecular formula is C33H36O5P+. The Kier molecular flexibility index (Phi) is 10.00. The van der Waals surface area contributed by atoms with Crippen LogP contribution in [0.1, 0.15) is 5.56 Å². The number of ether oxygens (including phenoxy) is 5. The summed E-state index contributed by atoms with van der Waals surface area (Å²) in [4.78, 5) is 0. The van der Waals surface area contributed by atoms with Crippen LogP contribution in [0.2, 0.25) is 0 Å². The van der Waals surface area contributed by atoms with Crippen molar-refractivity contribution in [2.45, 2.75) is 6.16 Å². The van der Waals surface area contributed by atoms with Crippen LogP contribution in [0.4, 0.5) is 0 Å². The topological polar surface area (TPSA) is 46.2 Å². The molecule has 0 aromatic heterocycles. The molecule has 0 radical (unpaired) electrons. The maximum absolute atomic E-state index is 6.31. The molecule has 5 nitrogen and oxygen atoms in total. The minimum atomic E-state index is -2.11. The van der Waals surface area contributed by atoms with Gasteiger partial charge in [-0.2, -0.15) is 0 Å². The molecule has 1 aliphatic heterocycles. The Hall–Kier alpha value is -3.21. The van der Waals surface area contributed by atoms with Gasteiger partial charge in [0.1, 0.15) is 36.4 Å². The van der Waals surface area contributed by atoms with Crippen LogP contribution in [0.3, 0.4) is 0 Å². The predicted octanol–water partition coefficient (Wildman–Crippen LogP) is 5.00. The maximum Gasteiger partial charge on any atom is 0.165 e. The van der Waals surface area contributed by atoms with Crippen molar-refractivity contribution in [2.24, 2.45) is 0 Å². The van der Waals surface area contributed by atoms with Gasteiger partial charge in [-0.25, -0.2) is 0 Å². The summed E-state index contributed by atoms with van der Waals surface area (Å²) in [5.41, 5.74) is 1.31. The lowest BCUT2D eigenvalue weighted by Gasteiger charge is -2.28. The van der Waals surface area contributed by atoms with Gasteiger partial charge in [-0.05, 0) is 42.0 Å². The van der Waals surface area contributed by atoms with Gasteiger partial charge in [0.05, 0.1) is 45.8 Å². The lowest BCUT2D eigenvalue weighted by atomic mass is 10.2. The van der Waals surface area contributed by atoms with E-state index in [2.05, 4.69) is 109 Å². The maximum atomic E-state index is 6.31. The average molecular weight is 544 g/mol. The molecule has 0 bridgehead atoms. The van der Waals surface area contributed by atoms with Gasteiger partial charge in [-0.15, -0.1) is 0 Å². The van der Waals surface area contributed by atoms with Gasteiger partial charge in [0.15, 0.2) is 11.5 Å². The van der Waals surface area contributed by atoms with Gasteiger partial charge in [0, 0.05) is 6.07 Å². The van der Waals surface area contributed by atoms with E-state index in [4.69, 9.17) is 23.7 Å².